The van der Waals surface area contributed by atoms with Gasteiger partial charge in [0.15, 0.2) is 17.3 Å². The molecule has 0 atom stereocenters. The molecular formula is C24H21ClF2N6O3. The van der Waals surface area contributed by atoms with E-state index in [4.69, 9.17) is 11.6 Å². The van der Waals surface area contributed by atoms with Crippen molar-refractivity contribution in [3.8, 4) is 0 Å². The van der Waals surface area contributed by atoms with Crippen molar-refractivity contribution in [1.29, 1.82) is 0 Å². The average molecular weight is 515 g/mol. The topological polar surface area (TPSA) is 110 Å². The number of anilines is 2. The second-order valence-electron chi connectivity index (χ2n) is 9.19. The molecule has 3 N–H and O–H groups in total. The Balaban J connectivity index is 1.20. The molecule has 0 unspecified atom stereocenters. The zero-order chi connectivity index (χ0) is 25.6. The number of benzene rings is 2. The first-order valence-electron chi connectivity index (χ1n) is 11.0. The number of carbonyl (C=O) groups excluding carboxylic acids is 3. The van der Waals surface area contributed by atoms with Crippen LogP contribution in [0.2, 0.25) is 5.02 Å². The van der Waals surface area contributed by atoms with Gasteiger partial charge in [-0.15, -0.1) is 0 Å². The number of aromatic amines is 1. The number of H-pyrrole nitrogens is 1. The SMILES string of the molecule is CN1CC2(C1)CN(C(=O)c1nc[nH]c1C(=O)Nc1ccc(NC(=O)c3cc(F)c(F)cc3Cl)cc1)C2. The predicted molar refractivity (Wildman–Crippen MR) is 128 cm³/mol. The number of hydrogen-bond donors (Lipinski definition) is 3. The zero-order valence-electron chi connectivity index (χ0n) is 19.1. The molecule has 0 saturated carbocycles. The van der Waals surface area contributed by atoms with Crippen LogP contribution in [0.5, 0.6) is 0 Å². The number of carbonyl (C=O) groups is 3. The van der Waals surface area contributed by atoms with Gasteiger partial charge in [0.1, 0.15) is 5.69 Å². The van der Waals surface area contributed by atoms with E-state index in [9.17, 15) is 23.2 Å². The maximum Gasteiger partial charge on any atom is 0.274 e. The van der Waals surface area contributed by atoms with Gasteiger partial charge in [-0.1, -0.05) is 11.6 Å². The highest BCUT2D eigenvalue weighted by Gasteiger charge is 2.52. The van der Waals surface area contributed by atoms with E-state index in [0.29, 0.717) is 24.5 Å². The van der Waals surface area contributed by atoms with Gasteiger partial charge in [0.05, 0.1) is 16.9 Å². The molecule has 1 aromatic heterocycles. The van der Waals surface area contributed by atoms with Crippen LogP contribution in [0.3, 0.4) is 0 Å². The minimum Gasteiger partial charge on any atom is -0.340 e. The van der Waals surface area contributed by atoms with E-state index >= 15 is 0 Å². The molecule has 186 valence electrons. The van der Waals surface area contributed by atoms with E-state index < -0.39 is 23.4 Å². The van der Waals surface area contributed by atoms with Crippen LogP contribution in [0, 0.1) is 17.0 Å². The van der Waals surface area contributed by atoms with E-state index in [1.54, 1.807) is 4.90 Å². The summed E-state index contributed by atoms with van der Waals surface area (Å²) in [4.78, 5) is 48.7. The third-order valence-electron chi connectivity index (χ3n) is 6.27. The van der Waals surface area contributed by atoms with Crippen LogP contribution in [-0.2, 0) is 0 Å². The molecule has 0 aliphatic carbocycles. The number of halogens is 3. The summed E-state index contributed by atoms with van der Waals surface area (Å²) in [5, 5.41) is 4.98. The van der Waals surface area contributed by atoms with Gasteiger partial charge in [0, 0.05) is 43.0 Å². The Morgan fingerprint density at radius 1 is 0.972 bits per heavy atom. The molecule has 1 spiro atoms. The van der Waals surface area contributed by atoms with E-state index in [0.717, 1.165) is 25.2 Å². The largest absolute Gasteiger partial charge is 0.340 e. The highest BCUT2D eigenvalue weighted by molar-refractivity contribution is 6.34. The highest BCUT2D eigenvalue weighted by Crippen LogP contribution is 2.39. The van der Waals surface area contributed by atoms with E-state index in [1.165, 1.54) is 30.6 Å². The molecule has 2 aliphatic heterocycles. The number of rotatable bonds is 5. The molecule has 3 amide bonds. The van der Waals surface area contributed by atoms with Crippen molar-refractivity contribution in [1.82, 2.24) is 19.8 Å². The van der Waals surface area contributed by atoms with Crippen molar-refractivity contribution in [2.75, 3.05) is 43.9 Å². The summed E-state index contributed by atoms with van der Waals surface area (Å²) in [7, 11) is 2.04. The number of nitrogens with one attached hydrogen (secondary N) is 3. The molecule has 12 heteroatoms. The second kappa shape index (κ2) is 8.99. The Bertz CT molecular complexity index is 1360. The molecule has 0 bridgehead atoms. The van der Waals surface area contributed by atoms with Crippen LogP contribution >= 0.6 is 11.6 Å². The lowest BCUT2D eigenvalue weighted by Crippen LogP contribution is -2.72. The molecular weight excluding hydrogens is 494 g/mol. The van der Waals surface area contributed by atoms with Gasteiger partial charge in [-0.3, -0.25) is 14.4 Å². The fraction of sp³-hybridized carbons (Fsp3) is 0.250. The maximum absolute atomic E-state index is 13.5. The molecule has 0 radical (unpaired) electrons. The highest BCUT2D eigenvalue weighted by atomic mass is 35.5. The van der Waals surface area contributed by atoms with E-state index in [-0.39, 0.29) is 33.3 Å². The van der Waals surface area contributed by atoms with Crippen LogP contribution in [0.1, 0.15) is 31.3 Å². The fourth-order valence-electron chi connectivity index (χ4n) is 4.71. The van der Waals surface area contributed by atoms with Gasteiger partial charge < -0.3 is 25.4 Å². The van der Waals surface area contributed by atoms with Crippen molar-refractivity contribution >= 4 is 40.7 Å². The average Bonchev–Trinajstić information content (AvgIpc) is 3.28. The first-order chi connectivity index (χ1) is 17.1. The van der Waals surface area contributed by atoms with Gasteiger partial charge in [-0.25, -0.2) is 13.8 Å². The van der Waals surface area contributed by atoms with Crippen molar-refractivity contribution in [2.45, 2.75) is 0 Å². The summed E-state index contributed by atoms with van der Waals surface area (Å²) in [5.74, 6) is -3.91. The van der Waals surface area contributed by atoms with Gasteiger partial charge >= 0.3 is 0 Å². The Labute approximate surface area is 209 Å². The third-order valence-corrected chi connectivity index (χ3v) is 6.59. The van der Waals surface area contributed by atoms with Gasteiger partial charge in [-0.2, -0.15) is 0 Å². The summed E-state index contributed by atoms with van der Waals surface area (Å²) < 4.78 is 26.7. The van der Waals surface area contributed by atoms with Crippen LogP contribution in [0.4, 0.5) is 20.2 Å². The number of hydrogen-bond acceptors (Lipinski definition) is 5. The Morgan fingerprint density at radius 2 is 1.56 bits per heavy atom. The minimum absolute atomic E-state index is 0.0528. The predicted octanol–water partition coefficient (Wildman–Crippen LogP) is 3.23. The number of likely N-dealkylation sites (tertiary alicyclic amines) is 2. The molecule has 36 heavy (non-hydrogen) atoms. The summed E-state index contributed by atoms with van der Waals surface area (Å²) in [6.07, 6.45) is 1.30. The van der Waals surface area contributed by atoms with Crippen LogP contribution in [0.25, 0.3) is 0 Å². The number of imidazole rings is 1. The molecule has 3 aromatic rings. The van der Waals surface area contributed by atoms with Crippen molar-refractivity contribution in [2.24, 2.45) is 5.41 Å². The first-order valence-corrected chi connectivity index (χ1v) is 11.4. The smallest absolute Gasteiger partial charge is 0.274 e. The van der Waals surface area contributed by atoms with Crippen molar-refractivity contribution in [3.63, 3.8) is 0 Å². The first kappa shape index (κ1) is 23.9. The standard InChI is InChI=1S/C24H21ClF2N6O3/c1-32-8-24(9-32)10-33(11-24)23(36)20-19(28-12-29-20)22(35)31-14-4-2-13(3-5-14)30-21(34)15-6-17(26)18(27)7-16(15)25/h2-7,12H,8-11H2,1H3,(H,28,29)(H,30,34)(H,31,35). The van der Waals surface area contributed by atoms with E-state index in [1.807, 2.05) is 7.05 Å². The summed E-state index contributed by atoms with van der Waals surface area (Å²) in [5.41, 5.74) is 0.791. The maximum atomic E-state index is 13.5. The number of nitrogens with zero attached hydrogens (tertiary/aromatic N) is 3. The molecule has 9 nitrogen and oxygen atoms in total. The van der Waals surface area contributed by atoms with Gasteiger partial charge in [-0.05, 0) is 43.4 Å². The van der Waals surface area contributed by atoms with Crippen LogP contribution in [0.15, 0.2) is 42.7 Å². The lowest BCUT2D eigenvalue weighted by atomic mass is 9.73. The monoisotopic (exact) mass is 514 g/mol. The lowest BCUT2D eigenvalue weighted by Gasteiger charge is -2.59. The molecule has 2 aliphatic rings. The van der Waals surface area contributed by atoms with Gasteiger partial charge in [0.25, 0.3) is 17.7 Å². The molecule has 5 rings (SSSR count). The second-order valence-corrected chi connectivity index (χ2v) is 9.60. The summed E-state index contributed by atoms with van der Waals surface area (Å²) >= 11 is 5.84. The Morgan fingerprint density at radius 3 is 2.17 bits per heavy atom. The normalized spacial score (nSPS) is 16.3. The Kier molecular flexibility index (Phi) is 5.97. The van der Waals surface area contributed by atoms with Crippen molar-refractivity contribution < 1.29 is 23.2 Å². The zero-order valence-corrected chi connectivity index (χ0v) is 19.8. The lowest BCUT2D eigenvalue weighted by molar-refractivity contribution is -0.0873. The summed E-state index contributed by atoms with van der Waals surface area (Å²) in [6.45, 7) is 3.20. The van der Waals surface area contributed by atoms with Crippen LogP contribution in [-0.4, -0.2) is 70.7 Å². The fourth-order valence-corrected chi connectivity index (χ4v) is 4.95. The van der Waals surface area contributed by atoms with Crippen LogP contribution < -0.4 is 10.6 Å². The summed E-state index contributed by atoms with van der Waals surface area (Å²) in [6, 6.07) is 7.53. The third kappa shape index (κ3) is 4.42. The molecule has 2 saturated heterocycles. The van der Waals surface area contributed by atoms with Gasteiger partial charge in [0.2, 0.25) is 0 Å². The van der Waals surface area contributed by atoms with E-state index in [2.05, 4.69) is 25.5 Å². The Hall–Kier alpha value is -3.83. The number of amides is 3. The van der Waals surface area contributed by atoms with Crippen molar-refractivity contribution in [3.05, 3.63) is 76.3 Å². The molecule has 3 heterocycles. The number of aromatic nitrogens is 2. The molecule has 2 aromatic carbocycles. The minimum atomic E-state index is -1.19. The molecule has 2 fully saturated rings. The quantitative estimate of drug-likeness (QED) is 0.453.